The highest BCUT2D eigenvalue weighted by molar-refractivity contribution is 5.91. The molecule has 0 saturated heterocycles. The second-order valence-electron chi connectivity index (χ2n) is 6.51. The number of carbonyl (C=O) groups excluding carboxylic acids is 1. The Balaban J connectivity index is 1.85. The van der Waals surface area contributed by atoms with Crippen LogP contribution in [0.3, 0.4) is 0 Å². The molecule has 0 aliphatic heterocycles. The Labute approximate surface area is 167 Å². The van der Waals surface area contributed by atoms with Crippen molar-refractivity contribution >= 4 is 12.0 Å². The fraction of sp³-hybridized carbons (Fsp3) is 0.348. The van der Waals surface area contributed by atoms with Crippen LogP contribution in [0.1, 0.15) is 37.3 Å². The minimum absolute atomic E-state index is 0.153. The van der Waals surface area contributed by atoms with Crippen molar-refractivity contribution in [3.63, 3.8) is 0 Å². The minimum Gasteiger partial charge on any atom is -0.508 e. The standard InChI is InChI=1S/C23H29NO4/c1-3-4-5-16-28-22-17-19(8-12-21(22)27-2)9-13-23(26)24-15-14-18-6-10-20(25)11-7-18/h6-13,17,25H,3-5,14-16H2,1-2H3,(H,24,26). The lowest BCUT2D eigenvalue weighted by molar-refractivity contribution is -0.116. The van der Waals surface area contributed by atoms with Crippen LogP contribution in [0.15, 0.2) is 48.5 Å². The van der Waals surface area contributed by atoms with Crippen LogP contribution >= 0.6 is 0 Å². The SMILES string of the molecule is CCCCCOc1cc(C=CC(=O)NCCc2ccc(O)cc2)ccc1OC. The number of unbranched alkanes of at least 4 members (excludes halogenated alkanes) is 2. The number of hydrogen-bond donors (Lipinski definition) is 2. The Morgan fingerprint density at radius 3 is 2.61 bits per heavy atom. The largest absolute Gasteiger partial charge is 0.508 e. The summed E-state index contributed by atoms with van der Waals surface area (Å²) >= 11 is 0. The summed E-state index contributed by atoms with van der Waals surface area (Å²) in [5, 5.41) is 12.1. The molecule has 2 aromatic carbocycles. The van der Waals surface area contributed by atoms with Gasteiger partial charge in [-0.1, -0.05) is 38.0 Å². The van der Waals surface area contributed by atoms with Gasteiger partial charge in [0.25, 0.3) is 0 Å². The van der Waals surface area contributed by atoms with Crippen molar-refractivity contribution in [3.8, 4) is 17.2 Å². The zero-order chi connectivity index (χ0) is 20.2. The molecule has 0 bridgehead atoms. The van der Waals surface area contributed by atoms with Crippen molar-refractivity contribution in [1.29, 1.82) is 0 Å². The van der Waals surface area contributed by atoms with Gasteiger partial charge in [0.15, 0.2) is 11.5 Å². The van der Waals surface area contributed by atoms with Crippen molar-refractivity contribution < 1.29 is 19.4 Å². The molecule has 0 aromatic heterocycles. The Bertz CT molecular complexity index is 769. The van der Waals surface area contributed by atoms with Gasteiger partial charge in [0.1, 0.15) is 5.75 Å². The van der Waals surface area contributed by atoms with Crippen LogP contribution in [0.4, 0.5) is 0 Å². The Kier molecular flexibility index (Phi) is 8.92. The number of phenols is 1. The van der Waals surface area contributed by atoms with Crippen molar-refractivity contribution in [3.05, 3.63) is 59.7 Å². The van der Waals surface area contributed by atoms with E-state index in [0.29, 0.717) is 31.1 Å². The molecule has 0 heterocycles. The fourth-order valence-corrected chi connectivity index (χ4v) is 2.67. The van der Waals surface area contributed by atoms with Gasteiger partial charge in [-0.05, 0) is 54.3 Å². The predicted molar refractivity (Wildman–Crippen MR) is 112 cm³/mol. The zero-order valence-electron chi connectivity index (χ0n) is 16.6. The average Bonchev–Trinajstić information content (AvgIpc) is 2.71. The molecule has 5 nitrogen and oxygen atoms in total. The highest BCUT2D eigenvalue weighted by atomic mass is 16.5. The van der Waals surface area contributed by atoms with Crippen LogP contribution in [0, 0.1) is 0 Å². The average molecular weight is 383 g/mol. The number of amides is 1. The predicted octanol–water partition coefficient (Wildman–Crippen LogP) is 4.34. The summed E-state index contributed by atoms with van der Waals surface area (Å²) in [5.74, 6) is 1.46. The number of aromatic hydroxyl groups is 1. The molecule has 0 atom stereocenters. The molecule has 0 aliphatic carbocycles. The molecule has 5 heteroatoms. The van der Waals surface area contributed by atoms with Crippen LogP contribution in [0.5, 0.6) is 17.2 Å². The van der Waals surface area contributed by atoms with E-state index in [-0.39, 0.29) is 11.7 Å². The molecule has 150 valence electrons. The summed E-state index contributed by atoms with van der Waals surface area (Å²) in [6, 6.07) is 12.6. The lowest BCUT2D eigenvalue weighted by Gasteiger charge is -2.11. The molecule has 0 fully saturated rings. The van der Waals surface area contributed by atoms with E-state index in [1.54, 1.807) is 25.3 Å². The van der Waals surface area contributed by atoms with Gasteiger partial charge < -0.3 is 19.9 Å². The number of ether oxygens (including phenoxy) is 2. The van der Waals surface area contributed by atoms with Gasteiger partial charge in [0.2, 0.25) is 5.91 Å². The lowest BCUT2D eigenvalue weighted by Crippen LogP contribution is -2.23. The molecule has 0 spiro atoms. The van der Waals surface area contributed by atoms with Gasteiger partial charge >= 0.3 is 0 Å². The number of carbonyl (C=O) groups is 1. The van der Waals surface area contributed by atoms with Gasteiger partial charge in [0.05, 0.1) is 13.7 Å². The number of nitrogens with one attached hydrogen (secondary N) is 1. The first-order valence-electron chi connectivity index (χ1n) is 9.67. The molecule has 0 saturated carbocycles. The van der Waals surface area contributed by atoms with Gasteiger partial charge in [-0.2, -0.15) is 0 Å². The van der Waals surface area contributed by atoms with E-state index in [1.807, 2.05) is 30.3 Å². The van der Waals surface area contributed by atoms with Crippen LogP contribution in [-0.4, -0.2) is 31.3 Å². The fourth-order valence-electron chi connectivity index (χ4n) is 2.67. The topological polar surface area (TPSA) is 67.8 Å². The van der Waals surface area contributed by atoms with Crippen molar-refractivity contribution in [1.82, 2.24) is 5.32 Å². The normalized spacial score (nSPS) is 10.8. The Morgan fingerprint density at radius 2 is 1.89 bits per heavy atom. The van der Waals surface area contributed by atoms with E-state index in [1.165, 1.54) is 6.08 Å². The number of benzene rings is 2. The summed E-state index contributed by atoms with van der Waals surface area (Å²) in [6.07, 6.45) is 7.26. The van der Waals surface area contributed by atoms with E-state index in [2.05, 4.69) is 12.2 Å². The summed E-state index contributed by atoms with van der Waals surface area (Å²) < 4.78 is 11.2. The minimum atomic E-state index is -0.153. The number of methoxy groups -OCH3 is 1. The molecule has 0 radical (unpaired) electrons. The van der Waals surface area contributed by atoms with Gasteiger partial charge in [-0.3, -0.25) is 4.79 Å². The van der Waals surface area contributed by atoms with Crippen LogP contribution < -0.4 is 14.8 Å². The van der Waals surface area contributed by atoms with Crippen molar-refractivity contribution in [2.45, 2.75) is 32.6 Å². The second kappa shape index (κ2) is 11.7. The molecular weight excluding hydrogens is 354 g/mol. The van der Waals surface area contributed by atoms with Crippen LogP contribution in [0.25, 0.3) is 6.08 Å². The van der Waals surface area contributed by atoms with Gasteiger partial charge in [-0.15, -0.1) is 0 Å². The second-order valence-corrected chi connectivity index (χ2v) is 6.51. The highest BCUT2D eigenvalue weighted by Crippen LogP contribution is 2.28. The first kappa shape index (κ1) is 21.4. The summed E-state index contributed by atoms with van der Waals surface area (Å²) in [7, 11) is 1.62. The van der Waals surface area contributed by atoms with E-state index in [0.717, 1.165) is 30.4 Å². The molecule has 28 heavy (non-hydrogen) atoms. The maximum absolute atomic E-state index is 12.0. The van der Waals surface area contributed by atoms with Crippen LogP contribution in [0.2, 0.25) is 0 Å². The van der Waals surface area contributed by atoms with Crippen molar-refractivity contribution in [2.24, 2.45) is 0 Å². The quantitative estimate of drug-likeness (QED) is 0.447. The van der Waals surface area contributed by atoms with Crippen LogP contribution in [-0.2, 0) is 11.2 Å². The third-order valence-corrected chi connectivity index (χ3v) is 4.27. The third kappa shape index (κ3) is 7.35. The number of phenolic OH excluding ortho intramolecular Hbond substituents is 1. The highest BCUT2D eigenvalue weighted by Gasteiger charge is 2.05. The number of hydrogen-bond acceptors (Lipinski definition) is 4. The van der Waals surface area contributed by atoms with Crippen molar-refractivity contribution in [2.75, 3.05) is 20.3 Å². The zero-order valence-corrected chi connectivity index (χ0v) is 16.6. The molecular formula is C23H29NO4. The smallest absolute Gasteiger partial charge is 0.244 e. The first-order valence-corrected chi connectivity index (χ1v) is 9.67. The molecule has 2 rings (SSSR count). The molecule has 2 N–H and O–H groups in total. The molecule has 0 aliphatic rings. The molecule has 0 unspecified atom stereocenters. The Morgan fingerprint density at radius 1 is 1.11 bits per heavy atom. The van der Waals surface area contributed by atoms with E-state index >= 15 is 0 Å². The van der Waals surface area contributed by atoms with Gasteiger partial charge in [0, 0.05) is 12.6 Å². The first-order chi connectivity index (χ1) is 13.6. The van der Waals surface area contributed by atoms with E-state index in [9.17, 15) is 9.90 Å². The van der Waals surface area contributed by atoms with E-state index < -0.39 is 0 Å². The monoisotopic (exact) mass is 383 g/mol. The van der Waals surface area contributed by atoms with E-state index in [4.69, 9.17) is 9.47 Å². The Hall–Kier alpha value is -2.95. The maximum Gasteiger partial charge on any atom is 0.244 e. The lowest BCUT2D eigenvalue weighted by atomic mass is 10.1. The van der Waals surface area contributed by atoms with Gasteiger partial charge in [-0.25, -0.2) is 0 Å². The molecule has 2 aromatic rings. The molecule has 1 amide bonds. The third-order valence-electron chi connectivity index (χ3n) is 4.27. The summed E-state index contributed by atoms with van der Waals surface area (Å²) in [6.45, 7) is 3.33. The summed E-state index contributed by atoms with van der Waals surface area (Å²) in [5.41, 5.74) is 1.93. The number of rotatable bonds is 11. The maximum atomic E-state index is 12.0. The summed E-state index contributed by atoms with van der Waals surface area (Å²) in [4.78, 5) is 12.0.